The van der Waals surface area contributed by atoms with E-state index in [1.807, 2.05) is 0 Å². The molecule has 7 heteroatoms. The molecular formula is C30H38FN3O3. The van der Waals surface area contributed by atoms with Gasteiger partial charge in [-0.2, -0.15) is 0 Å². The van der Waals surface area contributed by atoms with E-state index in [0.717, 1.165) is 64.8 Å². The normalized spacial score (nSPS) is 20.5. The first-order valence-corrected chi connectivity index (χ1v) is 13.9. The minimum Gasteiger partial charge on any atom is -0.444 e. The summed E-state index contributed by atoms with van der Waals surface area (Å²) < 4.78 is 18.8. The third-order valence-electron chi connectivity index (χ3n) is 8.16. The van der Waals surface area contributed by atoms with Gasteiger partial charge in [0.15, 0.2) is 12.5 Å². The number of ether oxygens (including phenoxy) is 1. The second kappa shape index (κ2) is 11.6. The van der Waals surface area contributed by atoms with Crippen molar-refractivity contribution >= 4 is 23.1 Å². The molecule has 0 saturated carbocycles. The maximum atomic E-state index is 13.1. The fraction of sp³-hybridized carbons (Fsp3) is 0.533. The lowest BCUT2D eigenvalue weighted by Gasteiger charge is -2.42. The number of Topliss-reactive ketones (excluding diaryl/α,β-unsaturated/α-hetero) is 1. The van der Waals surface area contributed by atoms with Gasteiger partial charge in [-0.15, -0.1) is 0 Å². The predicted molar refractivity (Wildman–Crippen MR) is 144 cm³/mol. The van der Waals surface area contributed by atoms with Gasteiger partial charge in [-0.05, 0) is 61.7 Å². The third kappa shape index (κ3) is 5.66. The number of benzene rings is 2. The van der Waals surface area contributed by atoms with Crippen molar-refractivity contribution in [3.63, 3.8) is 0 Å². The van der Waals surface area contributed by atoms with Gasteiger partial charge < -0.3 is 19.4 Å². The zero-order valence-electron chi connectivity index (χ0n) is 21.8. The van der Waals surface area contributed by atoms with Crippen molar-refractivity contribution in [2.45, 2.75) is 63.8 Å². The lowest BCUT2D eigenvalue weighted by atomic mass is 9.89. The number of hydrogen-bond donors (Lipinski definition) is 0. The Labute approximate surface area is 219 Å². The number of anilines is 2. The van der Waals surface area contributed by atoms with E-state index >= 15 is 0 Å². The molecule has 2 atom stereocenters. The number of carbonyl (C=O) groups is 2. The average molecular weight is 508 g/mol. The summed E-state index contributed by atoms with van der Waals surface area (Å²) in [4.78, 5) is 31.9. The Hall–Kier alpha value is -2.93. The van der Waals surface area contributed by atoms with Crippen LogP contribution in [0.2, 0.25) is 0 Å². The Morgan fingerprint density at radius 2 is 1.84 bits per heavy atom. The highest BCUT2D eigenvalue weighted by Crippen LogP contribution is 2.50. The van der Waals surface area contributed by atoms with Gasteiger partial charge >= 0.3 is 5.97 Å². The topological polar surface area (TPSA) is 53.1 Å². The summed E-state index contributed by atoms with van der Waals surface area (Å²) in [7, 11) is 0. The molecule has 0 bridgehead atoms. The lowest BCUT2D eigenvalue weighted by Crippen LogP contribution is -2.50. The molecule has 0 spiro atoms. The van der Waals surface area contributed by atoms with Gasteiger partial charge in [-0.1, -0.05) is 31.9 Å². The fourth-order valence-electron chi connectivity index (χ4n) is 6.22. The molecule has 0 N–H and O–H groups in total. The summed E-state index contributed by atoms with van der Waals surface area (Å²) in [5.74, 6) is 0.108. The van der Waals surface area contributed by atoms with Crippen molar-refractivity contribution in [3.8, 4) is 0 Å². The number of unbranched alkanes of at least 4 members (excludes halogenated alkanes) is 2. The molecule has 1 fully saturated rings. The zero-order valence-corrected chi connectivity index (χ0v) is 21.8. The number of hydrogen-bond acceptors (Lipinski definition) is 6. The minimum atomic E-state index is -0.316. The van der Waals surface area contributed by atoms with E-state index in [2.05, 4.69) is 39.8 Å². The molecular weight excluding hydrogens is 469 g/mol. The van der Waals surface area contributed by atoms with Crippen LogP contribution >= 0.6 is 0 Å². The van der Waals surface area contributed by atoms with Crippen LogP contribution in [0.3, 0.4) is 0 Å². The molecule has 2 aromatic rings. The number of fused-ring (bicyclic) bond motifs is 3. The SMILES string of the molecule is CCCCCC(=O)OCN1CCN2c3c(cccc31)[C@@H]1CN(CCCC(=O)c3ccc(F)cc3)CC[C@@H]12. The van der Waals surface area contributed by atoms with Gasteiger partial charge in [0.1, 0.15) is 5.82 Å². The predicted octanol–water partition coefficient (Wildman–Crippen LogP) is 5.37. The Morgan fingerprint density at radius 3 is 2.65 bits per heavy atom. The third-order valence-corrected chi connectivity index (χ3v) is 8.16. The van der Waals surface area contributed by atoms with Crippen molar-refractivity contribution in [2.75, 3.05) is 49.3 Å². The number of esters is 1. The van der Waals surface area contributed by atoms with Gasteiger partial charge in [0, 0.05) is 56.5 Å². The zero-order chi connectivity index (χ0) is 25.8. The number of likely N-dealkylation sites (tertiary alicyclic amines) is 1. The van der Waals surface area contributed by atoms with Crippen molar-refractivity contribution in [1.82, 2.24) is 4.90 Å². The largest absolute Gasteiger partial charge is 0.444 e. The van der Waals surface area contributed by atoms with Crippen LogP contribution in [0.1, 0.15) is 73.7 Å². The number of ketones is 1. The molecule has 3 heterocycles. The molecule has 3 aliphatic heterocycles. The molecule has 0 radical (unpaired) electrons. The Balaban J connectivity index is 1.18. The quantitative estimate of drug-likeness (QED) is 0.232. The molecule has 198 valence electrons. The first kappa shape index (κ1) is 25.7. The molecule has 2 aromatic carbocycles. The lowest BCUT2D eigenvalue weighted by molar-refractivity contribution is -0.143. The highest BCUT2D eigenvalue weighted by atomic mass is 19.1. The molecule has 1 saturated heterocycles. The summed E-state index contributed by atoms with van der Waals surface area (Å²) in [6.45, 7) is 7.18. The van der Waals surface area contributed by atoms with Crippen molar-refractivity contribution in [2.24, 2.45) is 0 Å². The number of carbonyl (C=O) groups excluding carboxylic acids is 2. The molecule has 5 rings (SSSR count). The summed E-state index contributed by atoms with van der Waals surface area (Å²) in [5, 5.41) is 0. The van der Waals surface area contributed by atoms with E-state index in [-0.39, 0.29) is 17.6 Å². The second-order valence-electron chi connectivity index (χ2n) is 10.6. The number of rotatable bonds is 11. The van der Waals surface area contributed by atoms with Crippen LogP contribution in [0.25, 0.3) is 0 Å². The van der Waals surface area contributed by atoms with Crippen molar-refractivity contribution in [1.29, 1.82) is 0 Å². The first-order valence-electron chi connectivity index (χ1n) is 13.9. The molecule has 37 heavy (non-hydrogen) atoms. The van der Waals surface area contributed by atoms with Crippen LogP contribution in [-0.2, 0) is 9.53 Å². The Kier molecular flexibility index (Phi) is 8.08. The molecule has 0 amide bonds. The standard InChI is InChI=1S/C30H38FN3O3/c1-2-3-4-10-29(36)37-21-33-18-19-34-26-15-17-32(20-25(26)24-7-5-8-27(33)30(24)34)16-6-9-28(35)22-11-13-23(31)14-12-22/h5,7-8,11-14,25-26H,2-4,6,9-10,15-21H2,1H3/t25-,26-/m0/s1. The highest BCUT2D eigenvalue weighted by Gasteiger charge is 2.44. The average Bonchev–Trinajstić information content (AvgIpc) is 3.23. The first-order chi connectivity index (χ1) is 18.0. The van der Waals surface area contributed by atoms with Crippen LogP contribution in [0.4, 0.5) is 15.8 Å². The molecule has 0 aliphatic carbocycles. The fourth-order valence-corrected chi connectivity index (χ4v) is 6.22. The summed E-state index contributed by atoms with van der Waals surface area (Å²) in [6, 6.07) is 12.9. The number of halogens is 1. The minimum absolute atomic E-state index is 0.0777. The maximum absolute atomic E-state index is 13.1. The van der Waals surface area contributed by atoms with Crippen molar-refractivity contribution < 1.29 is 18.7 Å². The van der Waals surface area contributed by atoms with Gasteiger partial charge in [-0.25, -0.2) is 4.39 Å². The van der Waals surface area contributed by atoms with E-state index in [1.165, 1.54) is 29.1 Å². The number of piperidine rings is 1. The van der Waals surface area contributed by atoms with E-state index < -0.39 is 0 Å². The van der Waals surface area contributed by atoms with Gasteiger partial charge in [0.05, 0.1) is 11.4 Å². The molecule has 0 aromatic heterocycles. The summed E-state index contributed by atoms with van der Waals surface area (Å²) in [6.07, 6.45) is 5.94. The molecule has 6 nitrogen and oxygen atoms in total. The van der Waals surface area contributed by atoms with Gasteiger partial charge in [0.25, 0.3) is 0 Å². The number of para-hydroxylation sites is 1. The Morgan fingerprint density at radius 1 is 1.00 bits per heavy atom. The van der Waals surface area contributed by atoms with Gasteiger partial charge in [0.2, 0.25) is 0 Å². The molecule has 0 unspecified atom stereocenters. The molecule has 3 aliphatic rings. The van der Waals surface area contributed by atoms with E-state index in [0.29, 0.717) is 37.1 Å². The highest BCUT2D eigenvalue weighted by molar-refractivity contribution is 5.96. The smallest absolute Gasteiger partial charge is 0.307 e. The summed E-state index contributed by atoms with van der Waals surface area (Å²) in [5.41, 5.74) is 4.48. The summed E-state index contributed by atoms with van der Waals surface area (Å²) >= 11 is 0. The van der Waals surface area contributed by atoms with E-state index in [4.69, 9.17) is 4.74 Å². The number of nitrogens with zero attached hydrogens (tertiary/aromatic N) is 3. The maximum Gasteiger partial charge on any atom is 0.307 e. The van der Waals surface area contributed by atoms with Crippen molar-refractivity contribution in [3.05, 3.63) is 59.4 Å². The van der Waals surface area contributed by atoms with Crippen LogP contribution < -0.4 is 9.80 Å². The Bertz CT molecular complexity index is 1110. The van der Waals surface area contributed by atoms with Gasteiger partial charge in [-0.3, -0.25) is 9.59 Å². The van der Waals surface area contributed by atoms with E-state index in [9.17, 15) is 14.0 Å². The monoisotopic (exact) mass is 507 g/mol. The van der Waals surface area contributed by atoms with E-state index in [1.54, 1.807) is 12.1 Å². The second-order valence-corrected chi connectivity index (χ2v) is 10.6. The van der Waals surface area contributed by atoms with Crippen LogP contribution in [-0.4, -0.2) is 62.1 Å². The van der Waals surface area contributed by atoms with Crippen LogP contribution in [0.15, 0.2) is 42.5 Å². The van der Waals surface area contributed by atoms with Crippen LogP contribution in [0, 0.1) is 5.82 Å². The van der Waals surface area contributed by atoms with Crippen LogP contribution in [0.5, 0.6) is 0 Å².